The molecule has 0 fully saturated rings. The average molecular weight is 317 g/mol. The zero-order valence-corrected chi connectivity index (χ0v) is 13.1. The van der Waals surface area contributed by atoms with Crippen LogP contribution in [0.3, 0.4) is 0 Å². The van der Waals surface area contributed by atoms with E-state index in [0.717, 1.165) is 16.4 Å². The van der Waals surface area contributed by atoms with Gasteiger partial charge in [0.15, 0.2) is 0 Å². The number of likely N-dealkylation sites (N-methyl/N-ethyl adjacent to an activating group) is 1. The Hall–Kier alpha value is -1.67. The standard InChI is InChI=1S/C13H20FN3O3S/c1-9(2)7-16-13(18)8-17(3)21(19,20)12-5-4-10(15)6-11(12)14/h4-6,9H,7-8,15H2,1-3H3,(H,16,18). The molecule has 0 spiro atoms. The number of amides is 1. The summed E-state index contributed by atoms with van der Waals surface area (Å²) >= 11 is 0. The molecule has 0 aliphatic rings. The first kappa shape index (κ1) is 17.4. The van der Waals surface area contributed by atoms with E-state index in [2.05, 4.69) is 5.32 Å². The normalized spacial score (nSPS) is 11.9. The Morgan fingerprint density at radius 3 is 2.57 bits per heavy atom. The number of nitrogen functional groups attached to an aromatic ring is 1. The van der Waals surface area contributed by atoms with Crippen LogP contribution >= 0.6 is 0 Å². The highest BCUT2D eigenvalue weighted by atomic mass is 32.2. The summed E-state index contributed by atoms with van der Waals surface area (Å²) in [5.41, 5.74) is 5.51. The van der Waals surface area contributed by atoms with Crippen LogP contribution in [0.4, 0.5) is 10.1 Å². The number of carbonyl (C=O) groups excluding carboxylic acids is 1. The molecule has 1 aromatic carbocycles. The van der Waals surface area contributed by atoms with Gasteiger partial charge in [0.05, 0.1) is 6.54 Å². The monoisotopic (exact) mass is 317 g/mol. The van der Waals surface area contributed by atoms with Gasteiger partial charge in [-0.2, -0.15) is 4.31 Å². The molecule has 0 aliphatic carbocycles. The van der Waals surface area contributed by atoms with Crippen LogP contribution in [0.15, 0.2) is 23.1 Å². The molecule has 0 saturated heterocycles. The molecule has 1 amide bonds. The number of nitrogens with one attached hydrogen (secondary N) is 1. The van der Waals surface area contributed by atoms with E-state index in [-0.39, 0.29) is 18.2 Å². The Morgan fingerprint density at radius 1 is 1.43 bits per heavy atom. The third kappa shape index (κ3) is 4.68. The van der Waals surface area contributed by atoms with E-state index in [1.807, 2.05) is 13.8 Å². The largest absolute Gasteiger partial charge is 0.399 e. The van der Waals surface area contributed by atoms with Crippen molar-refractivity contribution in [1.82, 2.24) is 9.62 Å². The number of nitrogens with zero attached hydrogens (tertiary/aromatic N) is 1. The third-order valence-corrected chi connectivity index (χ3v) is 4.55. The van der Waals surface area contributed by atoms with Gasteiger partial charge in [-0.25, -0.2) is 12.8 Å². The van der Waals surface area contributed by atoms with Crippen molar-refractivity contribution < 1.29 is 17.6 Å². The number of hydrogen-bond donors (Lipinski definition) is 2. The summed E-state index contributed by atoms with van der Waals surface area (Å²) < 4.78 is 38.9. The van der Waals surface area contributed by atoms with E-state index in [1.54, 1.807) is 0 Å². The first-order valence-electron chi connectivity index (χ1n) is 6.42. The molecule has 0 saturated carbocycles. The molecule has 21 heavy (non-hydrogen) atoms. The Morgan fingerprint density at radius 2 is 2.05 bits per heavy atom. The number of hydrogen-bond acceptors (Lipinski definition) is 4. The van der Waals surface area contributed by atoms with Crippen LogP contribution in [0.25, 0.3) is 0 Å². The van der Waals surface area contributed by atoms with Gasteiger partial charge in [-0.05, 0) is 24.1 Å². The van der Waals surface area contributed by atoms with E-state index in [9.17, 15) is 17.6 Å². The van der Waals surface area contributed by atoms with Crippen molar-refractivity contribution in [1.29, 1.82) is 0 Å². The first-order chi connectivity index (χ1) is 9.64. The van der Waals surface area contributed by atoms with Crippen LogP contribution in [0.2, 0.25) is 0 Å². The van der Waals surface area contributed by atoms with E-state index in [0.29, 0.717) is 6.54 Å². The fraction of sp³-hybridized carbons (Fsp3) is 0.462. The van der Waals surface area contributed by atoms with Crippen molar-refractivity contribution in [2.24, 2.45) is 5.92 Å². The molecular weight excluding hydrogens is 297 g/mol. The van der Waals surface area contributed by atoms with Gasteiger partial charge < -0.3 is 11.1 Å². The third-order valence-electron chi connectivity index (χ3n) is 2.72. The minimum absolute atomic E-state index is 0.128. The Bertz CT molecular complexity index is 617. The van der Waals surface area contributed by atoms with Crippen molar-refractivity contribution in [2.75, 3.05) is 25.9 Å². The number of halogens is 1. The van der Waals surface area contributed by atoms with Crippen molar-refractivity contribution in [3.05, 3.63) is 24.0 Å². The highest BCUT2D eigenvalue weighted by molar-refractivity contribution is 7.89. The molecule has 0 aromatic heterocycles. The van der Waals surface area contributed by atoms with Crippen molar-refractivity contribution in [2.45, 2.75) is 18.7 Å². The van der Waals surface area contributed by atoms with Gasteiger partial charge in [-0.15, -0.1) is 0 Å². The van der Waals surface area contributed by atoms with Crippen LogP contribution < -0.4 is 11.1 Å². The van der Waals surface area contributed by atoms with Gasteiger partial charge in [0.2, 0.25) is 15.9 Å². The fourth-order valence-electron chi connectivity index (χ4n) is 1.56. The van der Waals surface area contributed by atoms with Crippen molar-refractivity contribution >= 4 is 21.6 Å². The molecule has 1 rings (SSSR count). The molecule has 1 aromatic rings. The van der Waals surface area contributed by atoms with Crippen LogP contribution in [-0.2, 0) is 14.8 Å². The maximum absolute atomic E-state index is 13.7. The minimum atomic E-state index is -4.08. The zero-order valence-electron chi connectivity index (χ0n) is 12.3. The molecule has 3 N–H and O–H groups in total. The maximum atomic E-state index is 13.7. The molecule has 0 atom stereocenters. The lowest BCUT2D eigenvalue weighted by molar-refractivity contribution is -0.121. The van der Waals surface area contributed by atoms with Gasteiger partial charge in [0.25, 0.3) is 0 Å². The molecule has 0 radical (unpaired) electrons. The lowest BCUT2D eigenvalue weighted by Gasteiger charge is -2.17. The molecule has 0 bridgehead atoms. The summed E-state index contributed by atoms with van der Waals surface area (Å²) in [6, 6.07) is 3.31. The summed E-state index contributed by atoms with van der Waals surface area (Å²) in [6.45, 7) is 3.91. The van der Waals surface area contributed by atoms with Gasteiger partial charge in [0.1, 0.15) is 10.7 Å². The van der Waals surface area contributed by atoms with Gasteiger partial charge in [-0.1, -0.05) is 13.8 Å². The second kappa shape index (κ2) is 6.86. The Balaban J connectivity index is 2.85. The Kier molecular flexibility index (Phi) is 5.68. The average Bonchev–Trinajstić information content (AvgIpc) is 2.35. The van der Waals surface area contributed by atoms with E-state index in [4.69, 9.17) is 5.73 Å². The zero-order chi connectivity index (χ0) is 16.2. The Labute approximate surface area is 124 Å². The smallest absolute Gasteiger partial charge is 0.246 e. The van der Waals surface area contributed by atoms with Crippen molar-refractivity contribution in [3.8, 4) is 0 Å². The number of rotatable bonds is 6. The summed E-state index contributed by atoms with van der Waals surface area (Å²) in [7, 11) is -2.86. The summed E-state index contributed by atoms with van der Waals surface area (Å²) in [6.07, 6.45) is 0. The topological polar surface area (TPSA) is 92.5 Å². The maximum Gasteiger partial charge on any atom is 0.246 e. The minimum Gasteiger partial charge on any atom is -0.399 e. The second-order valence-corrected chi connectivity index (χ2v) is 7.16. The van der Waals surface area contributed by atoms with Crippen molar-refractivity contribution in [3.63, 3.8) is 0 Å². The quantitative estimate of drug-likeness (QED) is 0.759. The lowest BCUT2D eigenvalue weighted by atomic mass is 10.2. The molecule has 118 valence electrons. The lowest BCUT2D eigenvalue weighted by Crippen LogP contribution is -2.39. The molecule has 0 unspecified atom stereocenters. The molecule has 0 aliphatic heterocycles. The highest BCUT2D eigenvalue weighted by Gasteiger charge is 2.26. The summed E-state index contributed by atoms with van der Waals surface area (Å²) in [5, 5.41) is 2.60. The number of benzene rings is 1. The predicted molar refractivity (Wildman–Crippen MR) is 78.5 cm³/mol. The second-order valence-electron chi connectivity index (χ2n) is 5.15. The number of carbonyl (C=O) groups is 1. The molecular formula is C13H20FN3O3S. The highest BCUT2D eigenvalue weighted by Crippen LogP contribution is 2.20. The molecule has 6 nitrogen and oxygen atoms in total. The first-order valence-corrected chi connectivity index (χ1v) is 7.86. The molecule has 0 heterocycles. The van der Waals surface area contributed by atoms with Gasteiger partial charge in [-0.3, -0.25) is 4.79 Å². The van der Waals surface area contributed by atoms with E-state index < -0.39 is 26.6 Å². The van der Waals surface area contributed by atoms with Gasteiger partial charge >= 0.3 is 0 Å². The number of sulfonamides is 1. The molecule has 8 heteroatoms. The van der Waals surface area contributed by atoms with Gasteiger partial charge in [0, 0.05) is 19.3 Å². The van der Waals surface area contributed by atoms with E-state index >= 15 is 0 Å². The summed E-state index contributed by atoms with van der Waals surface area (Å²) in [5.74, 6) is -1.12. The number of nitrogens with two attached hydrogens (primary N) is 1. The SMILES string of the molecule is CC(C)CNC(=O)CN(C)S(=O)(=O)c1ccc(N)cc1F. The van der Waals surface area contributed by atoms with Crippen LogP contribution in [0.5, 0.6) is 0 Å². The predicted octanol–water partition coefficient (Wildman–Crippen LogP) is 0.801. The fourth-order valence-corrected chi connectivity index (χ4v) is 2.72. The van der Waals surface area contributed by atoms with Crippen LogP contribution in [-0.4, -0.2) is 38.8 Å². The van der Waals surface area contributed by atoms with Crippen LogP contribution in [0, 0.1) is 11.7 Å². The van der Waals surface area contributed by atoms with Crippen LogP contribution in [0.1, 0.15) is 13.8 Å². The number of anilines is 1. The summed E-state index contributed by atoms with van der Waals surface area (Å²) in [4.78, 5) is 11.1. The van der Waals surface area contributed by atoms with E-state index in [1.165, 1.54) is 13.1 Å².